The van der Waals surface area contributed by atoms with Crippen molar-refractivity contribution in [3.63, 3.8) is 0 Å². The highest BCUT2D eigenvalue weighted by molar-refractivity contribution is 6.21. The third-order valence-electron chi connectivity index (χ3n) is 2.22. The molecule has 0 radical (unpaired) electrons. The highest BCUT2D eigenvalue weighted by atomic mass is 19.4. The van der Waals surface area contributed by atoms with Crippen molar-refractivity contribution in [1.29, 1.82) is 0 Å². The van der Waals surface area contributed by atoms with Crippen molar-refractivity contribution >= 4 is 11.8 Å². The lowest BCUT2D eigenvalue weighted by atomic mass is 10.1. The number of hydrogen-bond donors (Lipinski definition) is 0. The van der Waals surface area contributed by atoms with Crippen molar-refractivity contribution in [2.75, 3.05) is 6.54 Å². The fraction of sp³-hybridized carbons (Fsp3) is 0.200. The average molecular weight is 229 g/mol. The van der Waals surface area contributed by atoms with E-state index in [1.807, 2.05) is 0 Å². The van der Waals surface area contributed by atoms with Gasteiger partial charge in [-0.1, -0.05) is 12.1 Å². The number of hydrogen-bond acceptors (Lipinski definition) is 2. The minimum Gasteiger partial charge on any atom is -0.269 e. The van der Waals surface area contributed by atoms with E-state index < -0.39 is 24.5 Å². The van der Waals surface area contributed by atoms with Gasteiger partial charge in [-0.25, -0.2) is 0 Å². The van der Waals surface area contributed by atoms with Gasteiger partial charge >= 0.3 is 6.18 Å². The van der Waals surface area contributed by atoms with Crippen LogP contribution in [0, 0.1) is 0 Å². The van der Waals surface area contributed by atoms with Crippen LogP contribution in [0.4, 0.5) is 13.2 Å². The SMILES string of the molecule is O=C1c2ccccc2C(=O)N1CC(F)(F)F. The second kappa shape index (κ2) is 3.33. The molecule has 0 atom stereocenters. The minimum absolute atomic E-state index is 0.0248. The number of amides is 2. The van der Waals surface area contributed by atoms with E-state index in [2.05, 4.69) is 0 Å². The summed E-state index contributed by atoms with van der Waals surface area (Å²) in [6.45, 7) is -1.54. The monoisotopic (exact) mass is 229 g/mol. The zero-order valence-electron chi connectivity index (χ0n) is 7.91. The fourth-order valence-electron chi connectivity index (χ4n) is 1.56. The van der Waals surface area contributed by atoms with Crippen LogP contribution in [0.5, 0.6) is 0 Å². The Morgan fingerprint density at radius 3 is 1.81 bits per heavy atom. The lowest BCUT2D eigenvalue weighted by Crippen LogP contribution is -2.38. The van der Waals surface area contributed by atoms with Crippen LogP contribution in [0.1, 0.15) is 20.7 Å². The quantitative estimate of drug-likeness (QED) is 0.689. The molecule has 1 aliphatic heterocycles. The number of nitrogens with zero attached hydrogens (tertiary/aromatic N) is 1. The normalized spacial score (nSPS) is 15.6. The van der Waals surface area contributed by atoms with Gasteiger partial charge in [0.15, 0.2) is 0 Å². The van der Waals surface area contributed by atoms with Crippen molar-refractivity contribution in [1.82, 2.24) is 4.90 Å². The van der Waals surface area contributed by atoms with Gasteiger partial charge < -0.3 is 0 Å². The smallest absolute Gasteiger partial charge is 0.269 e. The van der Waals surface area contributed by atoms with Crippen LogP contribution in [0.2, 0.25) is 0 Å². The molecular weight excluding hydrogens is 223 g/mol. The Bertz CT molecular complexity index is 432. The molecule has 16 heavy (non-hydrogen) atoms. The molecule has 1 aliphatic rings. The van der Waals surface area contributed by atoms with Crippen molar-refractivity contribution in [3.05, 3.63) is 35.4 Å². The Kier molecular flexibility index (Phi) is 2.22. The molecule has 0 aliphatic carbocycles. The maximum Gasteiger partial charge on any atom is 0.406 e. The van der Waals surface area contributed by atoms with E-state index in [-0.39, 0.29) is 16.0 Å². The number of rotatable bonds is 1. The Morgan fingerprint density at radius 1 is 1.00 bits per heavy atom. The van der Waals surface area contributed by atoms with Gasteiger partial charge in [0.2, 0.25) is 0 Å². The van der Waals surface area contributed by atoms with Gasteiger partial charge in [-0.15, -0.1) is 0 Å². The van der Waals surface area contributed by atoms with E-state index >= 15 is 0 Å². The maximum atomic E-state index is 12.1. The number of imide groups is 1. The number of alkyl halides is 3. The molecule has 0 saturated carbocycles. The molecule has 6 heteroatoms. The summed E-state index contributed by atoms with van der Waals surface area (Å²) >= 11 is 0. The second-order valence-corrected chi connectivity index (χ2v) is 3.36. The molecular formula is C10H6F3NO2. The number of carbonyl (C=O) groups excluding carboxylic acids is 2. The number of benzene rings is 1. The third-order valence-corrected chi connectivity index (χ3v) is 2.22. The maximum absolute atomic E-state index is 12.1. The van der Waals surface area contributed by atoms with Crippen LogP contribution >= 0.6 is 0 Å². The molecule has 0 unspecified atom stereocenters. The van der Waals surface area contributed by atoms with E-state index in [4.69, 9.17) is 0 Å². The predicted octanol–water partition coefficient (Wildman–Crippen LogP) is 1.84. The van der Waals surface area contributed by atoms with Gasteiger partial charge in [0, 0.05) is 0 Å². The molecule has 0 saturated heterocycles. The van der Waals surface area contributed by atoms with Crippen LogP contribution in [0.25, 0.3) is 0 Å². The topological polar surface area (TPSA) is 37.4 Å². The average Bonchev–Trinajstić information content (AvgIpc) is 2.43. The Morgan fingerprint density at radius 2 is 1.44 bits per heavy atom. The van der Waals surface area contributed by atoms with Crippen molar-refractivity contribution in [3.8, 4) is 0 Å². The zero-order chi connectivity index (χ0) is 11.9. The van der Waals surface area contributed by atoms with Gasteiger partial charge in [-0.05, 0) is 12.1 Å². The van der Waals surface area contributed by atoms with Gasteiger partial charge in [0.1, 0.15) is 6.54 Å². The molecule has 0 spiro atoms. The highest BCUT2D eigenvalue weighted by Crippen LogP contribution is 2.26. The summed E-state index contributed by atoms with van der Waals surface area (Å²) in [6, 6.07) is 5.68. The Hall–Kier alpha value is -1.85. The first-order valence-corrected chi connectivity index (χ1v) is 4.42. The van der Waals surface area contributed by atoms with E-state index in [1.54, 1.807) is 0 Å². The summed E-state index contributed by atoms with van der Waals surface area (Å²) in [5.41, 5.74) is 0.0495. The second-order valence-electron chi connectivity index (χ2n) is 3.36. The summed E-state index contributed by atoms with van der Waals surface area (Å²) in [5, 5.41) is 0. The van der Waals surface area contributed by atoms with Gasteiger partial charge in [0.05, 0.1) is 11.1 Å². The molecule has 0 N–H and O–H groups in total. The van der Waals surface area contributed by atoms with Crippen LogP contribution in [-0.2, 0) is 0 Å². The summed E-state index contributed by atoms with van der Waals surface area (Å²) < 4.78 is 36.4. The molecule has 1 heterocycles. The summed E-state index contributed by atoms with van der Waals surface area (Å²) in [4.78, 5) is 23.2. The number of halogens is 3. The van der Waals surface area contributed by atoms with Gasteiger partial charge in [-0.3, -0.25) is 14.5 Å². The molecule has 2 amide bonds. The molecule has 3 nitrogen and oxygen atoms in total. The largest absolute Gasteiger partial charge is 0.406 e. The fourth-order valence-corrected chi connectivity index (χ4v) is 1.56. The van der Waals surface area contributed by atoms with E-state index in [0.29, 0.717) is 0 Å². The van der Waals surface area contributed by atoms with Crippen LogP contribution in [0.15, 0.2) is 24.3 Å². The van der Waals surface area contributed by atoms with Crippen molar-refractivity contribution in [2.45, 2.75) is 6.18 Å². The Balaban J connectivity index is 2.36. The minimum atomic E-state index is -4.58. The summed E-state index contributed by atoms with van der Waals surface area (Å²) in [6.07, 6.45) is -4.58. The number of fused-ring (bicyclic) bond motifs is 1. The number of carbonyl (C=O) groups is 2. The lowest BCUT2D eigenvalue weighted by molar-refractivity contribution is -0.136. The molecule has 84 valence electrons. The molecule has 0 aromatic heterocycles. The first-order chi connectivity index (χ1) is 7.40. The Labute approximate surface area is 88.5 Å². The van der Waals surface area contributed by atoms with E-state index in [0.717, 1.165) is 0 Å². The summed E-state index contributed by atoms with van der Waals surface area (Å²) in [7, 11) is 0. The summed E-state index contributed by atoms with van der Waals surface area (Å²) in [5.74, 6) is -1.78. The van der Waals surface area contributed by atoms with Gasteiger partial charge in [-0.2, -0.15) is 13.2 Å². The zero-order valence-corrected chi connectivity index (χ0v) is 7.91. The van der Waals surface area contributed by atoms with Gasteiger partial charge in [0.25, 0.3) is 11.8 Å². The first-order valence-electron chi connectivity index (χ1n) is 4.42. The van der Waals surface area contributed by atoms with E-state index in [1.165, 1.54) is 24.3 Å². The van der Waals surface area contributed by atoms with Crippen molar-refractivity contribution in [2.24, 2.45) is 0 Å². The molecule has 0 fully saturated rings. The molecule has 1 aromatic carbocycles. The molecule has 2 rings (SSSR count). The standard InChI is InChI=1S/C10H6F3NO2/c11-10(12,13)5-14-8(15)6-3-1-2-4-7(6)9(14)16/h1-4H,5H2. The van der Waals surface area contributed by atoms with Crippen LogP contribution in [-0.4, -0.2) is 29.4 Å². The predicted molar refractivity (Wildman–Crippen MR) is 47.9 cm³/mol. The molecule has 1 aromatic rings. The van der Waals surface area contributed by atoms with Crippen LogP contribution < -0.4 is 0 Å². The first kappa shape index (κ1) is 10.7. The highest BCUT2D eigenvalue weighted by Gasteiger charge is 2.42. The molecule has 0 bridgehead atoms. The van der Waals surface area contributed by atoms with Crippen LogP contribution in [0.3, 0.4) is 0 Å². The third kappa shape index (κ3) is 1.66. The van der Waals surface area contributed by atoms with E-state index in [9.17, 15) is 22.8 Å². The lowest BCUT2D eigenvalue weighted by Gasteiger charge is -2.15. The van der Waals surface area contributed by atoms with Crippen molar-refractivity contribution < 1.29 is 22.8 Å².